The van der Waals surface area contributed by atoms with Crippen molar-refractivity contribution >= 4 is 10.5 Å². The van der Waals surface area contributed by atoms with E-state index in [1.807, 2.05) is 0 Å². The Bertz CT molecular complexity index is 379. The van der Waals surface area contributed by atoms with Gasteiger partial charge < -0.3 is 14.6 Å². The molecule has 0 aliphatic heterocycles. The summed E-state index contributed by atoms with van der Waals surface area (Å²) >= 11 is 0. The fourth-order valence-electron chi connectivity index (χ4n) is 1.90. The molecule has 0 bridgehead atoms. The van der Waals surface area contributed by atoms with Crippen LogP contribution in [0.25, 0.3) is 0 Å². The molecule has 0 amide bonds. The Balaban J connectivity index is 2.17. The van der Waals surface area contributed by atoms with E-state index < -0.39 is 17.6 Å². The minimum absolute atomic E-state index is 0.186. The van der Waals surface area contributed by atoms with Crippen molar-refractivity contribution in [3.8, 4) is 0 Å². The van der Waals surface area contributed by atoms with Gasteiger partial charge in [0.05, 0.1) is 0 Å². The second-order valence-electron chi connectivity index (χ2n) is 4.64. The molecule has 1 aromatic rings. The van der Waals surface area contributed by atoms with Gasteiger partial charge in [-0.15, -0.1) is 0 Å². The third kappa shape index (κ3) is 6.77. The normalized spacial score (nSPS) is 12.0. The predicted octanol–water partition coefficient (Wildman–Crippen LogP) is 1.39. The van der Waals surface area contributed by atoms with Crippen molar-refractivity contribution < 1.29 is 23.4 Å². The molecule has 0 fully saturated rings. The molecule has 19 heavy (non-hydrogen) atoms. The zero-order chi connectivity index (χ0) is 14.3. The summed E-state index contributed by atoms with van der Waals surface area (Å²) in [6, 6.07) is 3.54. The van der Waals surface area contributed by atoms with E-state index in [1.54, 1.807) is 0 Å². The summed E-state index contributed by atoms with van der Waals surface area (Å²) in [6.45, 7) is 0. The Hall–Kier alpha value is -0.823. The van der Waals surface area contributed by atoms with Crippen molar-refractivity contribution in [3.05, 3.63) is 35.4 Å². The molecule has 2 N–H and O–H groups in total. The van der Waals surface area contributed by atoms with E-state index in [2.05, 4.69) is 4.43 Å². The maximum absolute atomic E-state index is 12.9. The van der Waals surface area contributed by atoms with E-state index in [9.17, 15) is 19.0 Å². The van der Waals surface area contributed by atoms with Crippen LogP contribution in [0, 0.1) is 11.6 Å². The summed E-state index contributed by atoms with van der Waals surface area (Å²) in [5.74, 6) is -3.09. The van der Waals surface area contributed by atoms with Crippen molar-refractivity contribution in [2.24, 2.45) is 0 Å². The molecule has 0 spiro atoms. The molecule has 1 aromatic carbocycles. The first-order valence-corrected chi connectivity index (χ1v) is 7.19. The molecule has 0 aliphatic rings. The van der Waals surface area contributed by atoms with E-state index in [4.69, 9.17) is 0 Å². The van der Waals surface area contributed by atoms with Crippen molar-refractivity contribution in [3.63, 3.8) is 0 Å². The lowest BCUT2D eigenvalue weighted by atomic mass is 10.0. The number of hydrogen-bond donors (Lipinski definition) is 2. The van der Waals surface area contributed by atoms with Gasteiger partial charge in [-0.1, -0.05) is 12.8 Å². The number of benzene rings is 1. The smallest absolute Gasteiger partial charge is 0.267 e. The van der Waals surface area contributed by atoms with Crippen LogP contribution in [-0.2, 0) is 10.8 Å². The van der Waals surface area contributed by atoms with Gasteiger partial charge in [0.25, 0.3) is 5.97 Å². The summed E-state index contributed by atoms with van der Waals surface area (Å²) in [4.78, 5) is 0. The largest absolute Gasteiger partial charge is 0.381 e. The van der Waals surface area contributed by atoms with E-state index in [0.717, 1.165) is 25.3 Å². The molecule has 0 saturated carbocycles. The molecule has 1 rings (SSSR count). The number of aryl methyl sites for hydroxylation is 1. The summed E-state index contributed by atoms with van der Waals surface area (Å²) in [7, 11) is 0.277. The topological polar surface area (TPSA) is 49.7 Å². The first-order chi connectivity index (χ1) is 8.93. The van der Waals surface area contributed by atoms with E-state index in [0.29, 0.717) is 18.4 Å². The minimum Gasteiger partial charge on any atom is -0.381 e. The van der Waals surface area contributed by atoms with Crippen LogP contribution in [0.15, 0.2) is 18.2 Å². The Morgan fingerprint density at radius 2 is 1.58 bits per heavy atom. The Morgan fingerprint density at radius 3 is 2.16 bits per heavy atom. The molecule has 6 heteroatoms. The standard InChI is InChI=1S/C13H20F2O3Si/c14-11-7-10(8-12(15)9-11)5-3-1-2-4-6-13(16,17)18-19/h7-9,16-17H,1-6H2,19H3. The second-order valence-corrected chi connectivity index (χ2v) is 5.05. The number of halogens is 2. The van der Waals surface area contributed by atoms with Crippen LogP contribution in [0.1, 0.15) is 37.7 Å². The lowest BCUT2D eigenvalue weighted by Gasteiger charge is -2.19. The maximum Gasteiger partial charge on any atom is 0.267 e. The van der Waals surface area contributed by atoms with Crippen LogP contribution in [0.3, 0.4) is 0 Å². The molecule has 108 valence electrons. The van der Waals surface area contributed by atoms with Crippen molar-refractivity contribution in [1.82, 2.24) is 0 Å². The summed E-state index contributed by atoms with van der Waals surface area (Å²) in [5, 5.41) is 18.4. The monoisotopic (exact) mass is 290 g/mol. The number of rotatable bonds is 8. The van der Waals surface area contributed by atoms with E-state index in [-0.39, 0.29) is 16.9 Å². The Morgan fingerprint density at radius 1 is 1.00 bits per heavy atom. The van der Waals surface area contributed by atoms with Crippen LogP contribution in [0.4, 0.5) is 8.78 Å². The predicted molar refractivity (Wildman–Crippen MR) is 71.3 cm³/mol. The fraction of sp³-hybridized carbons (Fsp3) is 0.538. The van der Waals surface area contributed by atoms with Gasteiger partial charge >= 0.3 is 0 Å². The number of aliphatic hydroxyl groups is 2. The summed E-state index contributed by atoms with van der Waals surface area (Å²) < 4.78 is 30.5. The highest BCUT2D eigenvalue weighted by Gasteiger charge is 2.19. The zero-order valence-corrected chi connectivity index (χ0v) is 13.0. The van der Waals surface area contributed by atoms with Crippen LogP contribution in [0.2, 0.25) is 0 Å². The van der Waals surface area contributed by atoms with Gasteiger partial charge in [0.15, 0.2) is 10.5 Å². The van der Waals surface area contributed by atoms with Crippen LogP contribution in [-0.4, -0.2) is 26.7 Å². The molecular weight excluding hydrogens is 270 g/mol. The average molecular weight is 290 g/mol. The molecule has 0 aromatic heterocycles. The molecule has 0 aliphatic carbocycles. The third-order valence-corrected chi connectivity index (χ3v) is 3.62. The average Bonchev–Trinajstić information content (AvgIpc) is 2.32. The minimum atomic E-state index is -1.99. The number of unbranched alkanes of at least 4 members (excludes halogenated alkanes) is 3. The molecule has 0 saturated heterocycles. The maximum atomic E-state index is 12.9. The third-order valence-electron chi connectivity index (χ3n) is 2.97. The highest BCUT2D eigenvalue weighted by molar-refractivity contribution is 5.98. The highest BCUT2D eigenvalue weighted by Crippen LogP contribution is 2.15. The van der Waals surface area contributed by atoms with Crippen LogP contribution in [0.5, 0.6) is 0 Å². The molecule has 0 unspecified atom stereocenters. The zero-order valence-electron chi connectivity index (χ0n) is 11.0. The SMILES string of the molecule is OC(O)(CCCCCCc1cc(F)cc(F)c1)O[SiH3]. The van der Waals surface area contributed by atoms with Gasteiger partial charge in [-0.2, -0.15) is 0 Å². The quantitative estimate of drug-likeness (QED) is 0.432. The number of hydrogen-bond acceptors (Lipinski definition) is 3. The van der Waals surface area contributed by atoms with Gasteiger partial charge in [-0.25, -0.2) is 8.78 Å². The van der Waals surface area contributed by atoms with Crippen LogP contribution < -0.4 is 0 Å². The second kappa shape index (κ2) is 7.69. The van der Waals surface area contributed by atoms with Gasteiger partial charge in [0.2, 0.25) is 0 Å². The molecule has 0 radical (unpaired) electrons. The van der Waals surface area contributed by atoms with Gasteiger partial charge in [-0.05, 0) is 37.0 Å². The highest BCUT2D eigenvalue weighted by atomic mass is 28.2. The molecule has 3 nitrogen and oxygen atoms in total. The van der Waals surface area contributed by atoms with E-state index >= 15 is 0 Å². The first kappa shape index (κ1) is 16.2. The Labute approximate surface area is 114 Å². The molecular formula is C13H20F2O3Si. The van der Waals surface area contributed by atoms with Gasteiger partial charge in [-0.3, -0.25) is 0 Å². The summed E-state index contributed by atoms with van der Waals surface area (Å²) in [5.41, 5.74) is 0.652. The summed E-state index contributed by atoms with van der Waals surface area (Å²) in [6.07, 6.45) is 3.96. The van der Waals surface area contributed by atoms with Gasteiger partial charge in [0, 0.05) is 12.5 Å². The molecule has 0 atom stereocenters. The van der Waals surface area contributed by atoms with Crippen LogP contribution >= 0.6 is 0 Å². The van der Waals surface area contributed by atoms with Crippen molar-refractivity contribution in [2.75, 3.05) is 0 Å². The van der Waals surface area contributed by atoms with Crippen molar-refractivity contribution in [2.45, 2.75) is 44.5 Å². The lowest BCUT2D eigenvalue weighted by Crippen LogP contribution is -2.30. The fourth-order valence-corrected chi connectivity index (χ4v) is 2.10. The van der Waals surface area contributed by atoms with Crippen molar-refractivity contribution in [1.29, 1.82) is 0 Å². The Kier molecular flexibility index (Phi) is 6.57. The first-order valence-electron chi connectivity index (χ1n) is 6.38. The lowest BCUT2D eigenvalue weighted by molar-refractivity contribution is -0.295. The van der Waals surface area contributed by atoms with E-state index in [1.165, 1.54) is 12.1 Å². The van der Waals surface area contributed by atoms with Gasteiger partial charge in [0.1, 0.15) is 11.6 Å². The molecule has 0 heterocycles.